The van der Waals surface area contributed by atoms with Crippen molar-refractivity contribution in [1.29, 1.82) is 0 Å². The van der Waals surface area contributed by atoms with E-state index in [2.05, 4.69) is 17.4 Å². The van der Waals surface area contributed by atoms with Gasteiger partial charge in [-0.1, -0.05) is 36.4 Å². The van der Waals surface area contributed by atoms with Crippen molar-refractivity contribution in [2.75, 3.05) is 14.2 Å². The zero-order chi connectivity index (χ0) is 17.4. The minimum absolute atomic E-state index is 0.0648. The number of ether oxygens (including phenoxy) is 2. The van der Waals surface area contributed by atoms with Gasteiger partial charge < -0.3 is 14.8 Å². The molecule has 1 atom stereocenters. The number of carbonyl (C=O) groups excluding carboxylic acids is 1. The van der Waals surface area contributed by atoms with Crippen molar-refractivity contribution in [2.45, 2.75) is 19.4 Å². The molecule has 126 valence electrons. The molecule has 24 heavy (non-hydrogen) atoms. The highest BCUT2D eigenvalue weighted by Crippen LogP contribution is 2.27. The van der Waals surface area contributed by atoms with Crippen LogP contribution in [0.15, 0.2) is 54.6 Å². The monoisotopic (exact) mass is 325 g/mol. The molecule has 4 nitrogen and oxygen atoms in total. The molecule has 0 heterocycles. The van der Waals surface area contributed by atoms with Gasteiger partial charge in [-0.05, 0) is 42.7 Å². The maximum absolute atomic E-state index is 12.0. The number of hydrogen-bond donors (Lipinski definition) is 1. The number of rotatable bonds is 7. The summed E-state index contributed by atoms with van der Waals surface area (Å²) in [5.41, 5.74) is 2.08. The van der Waals surface area contributed by atoms with Gasteiger partial charge in [0.25, 0.3) is 0 Å². The van der Waals surface area contributed by atoms with Crippen LogP contribution in [0, 0.1) is 0 Å². The largest absolute Gasteiger partial charge is 0.493 e. The first-order valence-corrected chi connectivity index (χ1v) is 7.87. The molecule has 0 aliphatic rings. The Morgan fingerprint density at radius 3 is 2.46 bits per heavy atom. The summed E-state index contributed by atoms with van der Waals surface area (Å²) < 4.78 is 10.5. The summed E-state index contributed by atoms with van der Waals surface area (Å²) in [4.78, 5) is 12.0. The van der Waals surface area contributed by atoms with Crippen molar-refractivity contribution in [3.05, 3.63) is 65.7 Å². The van der Waals surface area contributed by atoms with Crippen LogP contribution in [0.25, 0.3) is 6.08 Å². The van der Waals surface area contributed by atoms with E-state index in [4.69, 9.17) is 9.47 Å². The fraction of sp³-hybridized carbons (Fsp3) is 0.250. The van der Waals surface area contributed by atoms with E-state index in [1.807, 2.05) is 43.3 Å². The van der Waals surface area contributed by atoms with E-state index in [1.54, 1.807) is 20.3 Å². The number of carbonyl (C=O) groups is 1. The van der Waals surface area contributed by atoms with Crippen molar-refractivity contribution >= 4 is 12.0 Å². The number of methoxy groups -OCH3 is 2. The SMILES string of the molecule is COc1ccc(C=CC(=O)NC(C)Cc2ccccc2)cc1OC. The molecule has 0 spiro atoms. The average Bonchev–Trinajstić information content (AvgIpc) is 2.60. The molecule has 0 bridgehead atoms. The highest BCUT2D eigenvalue weighted by Gasteiger charge is 2.06. The Morgan fingerprint density at radius 2 is 1.79 bits per heavy atom. The molecule has 2 rings (SSSR count). The number of amides is 1. The molecule has 0 aliphatic heterocycles. The maximum Gasteiger partial charge on any atom is 0.244 e. The molecule has 0 saturated carbocycles. The Morgan fingerprint density at radius 1 is 1.08 bits per heavy atom. The smallest absolute Gasteiger partial charge is 0.244 e. The second kappa shape index (κ2) is 8.77. The first-order valence-electron chi connectivity index (χ1n) is 7.87. The quantitative estimate of drug-likeness (QED) is 0.793. The van der Waals surface area contributed by atoms with Gasteiger partial charge in [-0.2, -0.15) is 0 Å². The van der Waals surface area contributed by atoms with Crippen molar-refractivity contribution in [3.8, 4) is 11.5 Å². The minimum Gasteiger partial charge on any atom is -0.493 e. The molecular formula is C20H23NO3. The van der Waals surface area contributed by atoms with Gasteiger partial charge in [0.1, 0.15) is 0 Å². The molecular weight excluding hydrogens is 302 g/mol. The topological polar surface area (TPSA) is 47.6 Å². The normalized spacial score (nSPS) is 12.0. The molecule has 0 radical (unpaired) electrons. The predicted molar refractivity (Wildman–Crippen MR) is 96.3 cm³/mol. The Bertz CT molecular complexity index is 695. The van der Waals surface area contributed by atoms with Crippen LogP contribution in [0.2, 0.25) is 0 Å². The Balaban J connectivity index is 1.92. The summed E-state index contributed by atoms with van der Waals surface area (Å²) in [5, 5.41) is 2.97. The third-order valence-electron chi connectivity index (χ3n) is 3.61. The van der Waals surface area contributed by atoms with Gasteiger partial charge >= 0.3 is 0 Å². The van der Waals surface area contributed by atoms with Gasteiger partial charge in [-0.25, -0.2) is 0 Å². The van der Waals surface area contributed by atoms with Crippen LogP contribution in [0.5, 0.6) is 11.5 Å². The maximum atomic E-state index is 12.0. The van der Waals surface area contributed by atoms with Crippen molar-refractivity contribution in [3.63, 3.8) is 0 Å². The molecule has 2 aromatic carbocycles. The number of hydrogen-bond acceptors (Lipinski definition) is 3. The van der Waals surface area contributed by atoms with E-state index < -0.39 is 0 Å². The third kappa shape index (κ3) is 5.16. The molecule has 0 aromatic heterocycles. The third-order valence-corrected chi connectivity index (χ3v) is 3.61. The van der Waals surface area contributed by atoms with Gasteiger partial charge in [0.2, 0.25) is 5.91 Å². The second-order valence-corrected chi connectivity index (χ2v) is 5.55. The summed E-state index contributed by atoms with van der Waals surface area (Å²) in [6, 6.07) is 15.7. The minimum atomic E-state index is -0.117. The molecule has 0 fully saturated rings. The molecule has 4 heteroatoms. The van der Waals surface area contributed by atoms with E-state index in [0.717, 1.165) is 12.0 Å². The van der Waals surface area contributed by atoms with Gasteiger partial charge in [0.15, 0.2) is 11.5 Å². The first-order chi connectivity index (χ1) is 11.6. The van der Waals surface area contributed by atoms with Crippen molar-refractivity contribution in [2.24, 2.45) is 0 Å². The number of nitrogens with one attached hydrogen (secondary N) is 1. The highest BCUT2D eigenvalue weighted by atomic mass is 16.5. The Hall–Kier alpha value is -2.75. The Kier molecular flexibility index (Phi) is 6.43. The highest BCUT2D eigenvalue weighted by molar-refractivity contribution is 5.92. The predicted octanol–water partition coefficient (Wildman–Crippen LogP) is 3.46. The van der Waals surface area contributed by atoms with E-state index in [-0.39, 0.29) is 11.9 Å². The van der Waals surface area contributed by atoms with Crippen LogP contribution in [0.3, 0.4) is 0 Å². The fourth-order valence-corrected chi connectivity index (χ4v) is 2.44. The lowest BCUT2D eigenvalue weighted by Gasteiger charge is -2.12. The molecule has 0 aliphatic carbocycles. The van der Waals surface area contributed by atoms with Gasteiger partial charge in [0, 0.05) is 12.1 Å². The molecule has 1 N–H and O–H groups in total. The van der Waals surface area contributed by atoms with E-state index in [1.165, 1.54) is 11.6 Å². The van der Waals surface area contributed by atoms with Crippen LogP contribution >= 0.6 is 0 Å². The summed E-state index contributed by atoms with van der Waals surface area (Å²) in [5.74, 6) is 1.18. The summed E-state index contributed by atoms with van der Waals surface area (Å²) in [6.07, 6.45) is 4.09. The fourth-order valence-electron chi connectivity index (χ4n) is 2.44. The van der Waals surface area contributed by atoms with Gasteiger partial charge in [-0.15, -0.1) is 0 Å². The molecule has 1 unspecified atom stereocenters. The van der Waals surface area contributed by atoms with Crippen LogP contribution in [-0.4, -0.2) is 26.2 Å². The lowest BCUT2D eigenvalue weighted by molar-refractivity contribution is -0.117. The van der Waals surface area contributed by atoms with Crippen molar-refractivity contribution in [1.82, 2.24) is 5.32 Å². The summed E-state index contributed by atoms with van der Waals surface area (Å²) >= 11 is 0. The zero-order valence-corrected chi connectivity index (χ0v) is 14.3. The van der Waals surface area contributed by atoms with Crippen LogP contribution < -0.4 is 14.8 Å². The summed E-state index contributed by atoms with van der Waals surface area (Å²) in [6.45, 7) is 2.00. The zero-order valence-electron chi connectivity index (χ0n) is 14.3. The molecule has 2 aromatic rings. The first kappa shape index (κ1) is 17.6. The second-order valence-electron chi connectivity index (χ2n) is 5.55. The van der Waals surface area contributed by atoms with Crippen LogP contribution in [0.1, 0.15) is 18.1 Å². The molecule has 0 saturated heterocycles. The van der Waals surface area contributed by atoms with Crippen molar-refractivity contribution < 1.29 is 14.3 Å². The average molecular weight is 325 g/mol. The van der Waals surface area contributed by atoms with E-state index in [0.29, 0.717) is 11.5 Å². The summed E-state index contributed by atoms with van der Waals surface area (Å²) in [7, 11) is 3.18. The van der Waals surface area contributed by atoms with E-state index >= 15 is 0 Å². The van der Waals surface area contributed by atoms with Crippen LogP contribution in [-0.2, 0) is 11.2 Å². The van der Waals surface area contributed by atoms with Gasteiger partial charge in [-0.3, -0.25) is 4.79 Å². The number of benzene rings is 2. The van der Waals surface area contributed by atoms with Crippen LogP contribution in [0.4, 0.5) is 0 Å². The lowest BCUT2D eigenvalue weighted by atomic mass is 10.1. The van der Waals surface area contributed by atoms with Gasteiger partial charge in [0.05, 0.1) is 14.2 Å². The standard InChI is InChI=1S/C20H23NO3/c1-15(13-16-7-5-4-6-8-16)21-20(22)12-10-17-9-11-18(23-2)19(14-17)24-3/h4-12,14-15H,13H2,1-3H3,(H,21,22). The Labute approximate surface area is 143 Å². The molecule has 1 amide bonds. The lowest BCUT2D eigenvalue weighted by Crippen LogP contribution is -2.32. The van der Waals surface area contributed by atoms with E-state index in [9.17, 15) is 4.79 Å².